The molecule has 2 aromatic heterocycles. The van der Waals surface area contributed by atoms with Gasteiger partial charge >= 0.3 is 0 Å². The number of hydrogen-bond donors (Lipinski definition) is 1. The summed E-state index contributed by atoms with van der Waals surface area (Å²) in [5.74, 6) is 0.472. The molecule has 0 aromatic carbocycles. The predicted molar refractivity (Wildman–Crippen MR) is 80.5 cm³/mol. The Morgan fingerprint density at radius 2 is 2.00 bits per heavy atom. The van der Waals surface area contributed by atoms with Crippen LogP contribution in [-0.4, -0.2) is 19.6 Å². The van der Waals surface area contributed by atoms with E-state index in [4.69, 9.17) is 0 Å². The zero-order chi connectivity index (χ0) is 14.7. The Kier molecular flexibility index (Phi) is 4.60. The number of rotatable bonds is 6. The van der Waals surface area contributed by atoms with E-state index in [-0.39, 0.29) is 0 Å². The zero-order valence-corrected chi connectivity index (χ0v) is 13.1. The van der Waals surface area contributed by atoms with E-state index in [1.807, 2.05) is 16.4 Å². The van der Waals surface area contributed by atoms with E-state index in [1.54, 1.807) is 0 Å². The molecule has 2 rings (SSSR count). The second-order valence-corrected chi connectivity index (χ2v) is 5.54. The fourth-order valence-corrected chi connectivity index (χ4v) is 2.20. The summed E-state index contributed by atoms with van der Waals surface area (Å²) in [7, 11) is 2.00. The third-order valence-electron chi connectivity index (χ3n) is 3.58. The SMILES string of the molecule is CCn1cc(CNCc2cc(C(C)C)nn2C)c(C)n1. The molecule has 0 spiro atoms. The molecule has 2 aromatic rings. The Morgan fingerprint density at radius 3 is 2.55 bits per heavy atom. The van der Waals surface area contributed by atoms with E-state index in [1.165, 1.54) is 11.3 Å². The first-order valence-corrected chi connectivity index (χ1v) is 7.27. The van der Waals surface area contributed by atoms with E-state index in [0.29, 0.717) is 5.92 Å². The van der Waals surface area contributed by atoms with Crippen LogP contribution < -0.4 is 5.32 Å². The molecule has 0 bridgehead atoms. The summed E-state index contributed by atoms with van der Waals surface area (Å²) in [4.78, 5) is 0. The summed E-state index contributed by atoms with van der Waals surface area (Å²) in [5.41, 5.74) is 4.74. The molecule has 0 saturated carbocycles. The highest BCUT2D eigenvalue weighted by Gasteiger charge is 2.08. The van der Waals surface area contributed by atoms with E-state index in [9.17, 15) is 0 Å². The normalized spacial score (nSPS) is 11.5. The molecule has 110 valence electrons. The molecule has 0 saturated heterocycles. The van der Waals surface area contributed by atoms with Crippen molar-refractivity contribution in [1.82, 2.24) is 24.9 Å². The molecule has 0 fully saturated rings. The van der Waals surface area contributed by atoms with Crippen molar-refractivity contribution < 1.29 is 0 Å². The van der Waals surface area contributed by atoms with Gasteiger partial charge < -0.3 is 5.32 Å². The van der Waals surface area contributed by atoms with Crippen LogP contribution in [0.15, 0.2) is 12.3 Å². The summed E-state index contributed by atoms with van der Waals surface area (Å²) >= 11 is 0. The smallest absolute Gasteiger partial charge is 0.0653 e. The summed E-state index contributed by atoms with van der Waals surface area (Å²) in [6.07, 6.45) is 2.12. The topological polar surface area (TPSA) is 47.7 Å². The molecule has 1 N–H and O–H groups in total. The van der Waals surface area contributed by atoms with Crippen molar-refractivity contribution >= 4 is 0 Å². The highest BCUT2D eigenvalue weighted by Crippen LogP contribution is 2.14. The van der Waals surface area contributed by atoms with E-state index < -0.39 is 0 Å². The van der Waals surface area contributed by atoms with Crippen LogP contribution in [0, 0.1) is 6.92 Å². The van der Waals surface area contributed by atoms with Crippen molar-refractivity contribution in [2.24, 2.45) is 7.05 Å². The van der Waals surface area contributed by atoms with Gasteiger partial charge in [-0.2, -0.15) is 10.2 Å². The van der Waals surface area contributed by atoms with Crippen LogP contribution >= 0.6 is 0 Å². The average molecular weight is 275 g/mol. The molecule has 0 aliphatic rings. The van der Waals surface area contributed by atoms with Crippen molar-refractivity contribution in [1.29, 1.82) is 0 Å². The van der Waals surface area contributed by atoms with Gasteiger partial charge in [-0.3, -0.25) is 9.36 Å². The molecule has 0 atom stereocenters. The Bertz CT molecular complexity index is 565. The van der Waals surface area contributed by atoms with Crippen LogP contribution in [0.4, 0.5) is 0 Å². The maximum Gasteiger partial charge on any atom is 0.0653 e. The van der Waals surface area contributed by atoms with Gasteiger partial charge in [0.25, 0.3) is 0 Å². The summed E-state index contributed by atoms with van der Waals surface area (Å²) in [6, 6.07) is 2.18. The molecule has 0 aliphatic heterocycles. The van der Waals surface area contributed by atoms with E-state index >= 15 is 0 Å². The lowest BCUT2D eigenvalue weighted by molar-refractivity contribution is 0.618. The monoisotopic (exact) mass is 275 g/mol. The second kappa shape index (κ2) is 6.22. The van der Waals surface area contributed by atoms with Crippen LogP contribution in [-0.2, 0) is 26.7 Å². The Hall–Kier alpha value is -1.62. The van der Waals surface area contributed by atoms with Crippen LogP contribution in [0.1, 0.15) is 49.3 Å². The fourth-order valence-electron chi connectivity index (χ4n) is 2.20. The van der Waals surface area contributed by atoms with Gasteiger partial charge in [0.2, 0.25) is 0 Å². The first kappa shape index (κ1) is 14.8. The fraction of sp³-hybridized carbons (Fsp3) is 0.600. The van der Waals surface area contributed by atoms with Gasteiger partial charge in [0, 0.05) is 38.4 Å². The largest absolute Gasteiger partial charge is 0.307 e. The number of nitrogens with one attached hydrogen (secondary N) is 1. The third-order valence-corrected chi connectivity index (χ3v) is 3.58. The Morgan fingerprint density at radius 1 is 1.25 bits per heavy atom. The number of aryl methyl sites for hydroxylation is 3. The first-order valence-electron chi connectivity index (χ1n) is 7.27. The van der Waals surface area contributed by atoms with E-state index in [0.717, 1.165) is 31.0 Å². The maximum absolute atomic E-state index is 4.53. The summed E-state index contributed by atoms with van der Waals surface area (Å²) < 4.78 is 3.94. The summed E-state index contributed by atoms with van der Waals surface area (Å²) in [5, 5.41) is 12.5. The van der Waals surface area contributed by atoms with Gasteiger partial charge in [-0.15, -0.1) is 0 Å². The number of nitrogens with zero attached hydrogens (tertiary/aromatic N) is 4. The maximum atomic E-state index is 4.53. The van der Waals surface area contributed by atoms with Gasteiger partial charge in [0.15, 0.2) is 0 Å². The number of aromatic nitrogens is 4. The standard InChI is InChI=1S/C15H25N5/c1-6-20-10-13(12(4)17-20)8-16-9-14-7-15(11(2)3)18-19(14)5/h7,10-11,16H,6,8-9H2,1-5H3. The van der Waals surface area contributed by atoms with Gasteiger partial charge in [0.05, 0.1) is 17.1 Å². The van der Waals surface area contributed by atoms with Crippen LogP contribution in [0.2, 0.25) is 0 Å². The second-order valence-electron chi connectivity index (χ2n) is 5.54. The van der Waals surface area contributed by atoms with Crippen molar-refractivity contribution in [2.75, 3.05) is 0 Å². The minimum Gasteiger partial charge on any atom is -0.307 e. The molecular weight excluding hydrogens is 250 g/mol. The van der Waals surface area contributed by atoms with Crippen molar-refractivity contribution in [3.8, 4) is 0 Å². The molecule has 2 heterocycles. The van der Waals surface area contributed by atoms with Crippen LogP contribution in [0.3, 0.4) is 0 Å². The molecule has 20 heavy (non-hydrogen) atoms. The molecule has 0 aliphatic carbocycles. The average Bonchev–Trinajstić information content (AvgIpc) is 2.94. The molecule has 5 heteroatoms. The quantitative estimate of drug-likeness (QED) is 0.880. The first-order chi connectivity index (χ1) is 9.51. The number of hydrogen-bond acceptors (Lipinski definition) is 3. The lowest BCUT2D eigenvalue weighted by Crippen LogP contribution is -2.15. The minimum absolute atomic E-state index is 0.472. The molecule has 5 nitrogen and oxygen atoms in total. The van der Waals surface area contributed by atoms with Gasteiger partial charge in [0.1, 0.15) is 0 Å². The molecule has 0 amide bonds. The highest BCUT2D eigenvalue weighted by molar-refractivity contribution is 5.16. The van der Waals surface area contributed by atoms with Gasteiger partial charge in [-0.05, 0) is 25.8 Å². The van der Waals surface area contributed by atoms with Gasteiger partial charge in [-0.25, -0.2) is 0 Å². The van der Waals surface area contributed by atoms with Crippen molar-refractivity contribution in [3.63, 3.8) is 0 Å². The zero-order valence-electron chi connectivity index (χ0n) is 13.1. The molecule has 0 radical (unpaired) electrons. The van der Waals surface area contributed by atoms with E-state index in [2.05, 4.69) is 55.5 Å². The Labute approximate surface area is 121 Å². The van der Waals surface area contributed by atoms with Crippen LogP contribution in [0.5, 0.6) is 0 Å². The predicted octanol–water partition coefficient (Wildman–Crippen LogP) is 2.36. The third kappa shape index (κ3) is 3.28. The van der Waals surface area contributed by atoms with Gasteiger partial charge in [-0.1, -0.05) is 13.8 Å². The highest BCUT2D eigenvalue weighted by atomic mass is 15.3. The minimum atomic E-state index is 0.472. The molecular formula is C15H25N5. The van der Waals surface area contributed by atoms with Crippen molar-refractivity contribution in [3.05, 3.63) is 34.9 Å². The lowest BCUT2D eigenvalue weighted by atomic mass is 10.1. The van der Waals surface area contributed by atoms with Crippen molar-refractivity contribution in [2.45, 2.75) is 53.2 Å². The van der Waals surface area contributed by atoms with Crippen LogP contribution in [0.25, 0.3) is 0 Å². The lowest BCUT2D eigenvalue weighted by Gasteiger charge is -2.04. The molecule has 0 unspecified atom stereocenters. The Balaban J connectivity index is 1.94. The summed E-state index contributed by atoms with van der Waals surface area (Å²) in [6.45, 7) is 11.1.